The molecule has 0 spiro atoms. The van der Waals surface area contributed by atoms with E-state index in [1.165, 1.54) is 48.1 Å². The van der Waals surface area contributed by atoms with Crippen molar-refractivity contribution in [2.24, 2.45) is 11.8 Å². The lowest BCUT2D eigenvalue weighted by molar-refractivity contribution is -0.135. The fourth-order valence-corrected chi connectivity index (χ4v) is 6.46. The van der Waals surface area contributed by atoms with Crippen molar-refractivity contribution in [3.8, 4) is 17.6 Å². The van der Waals surface area contributed by atoms with Crippen LogP contribution >= 0.6 is 0 Å². The van der Waals surface area contributed by atoms with E-state index < -0.39 is 22.2 Å². The molecule has 0 aromatic heterocycles. The van der Waals surface area contributed by atoms with Gasteiger partial charge < -0.3 is 19.5 Å². The Bertz CT molecular complexity index is 1040. The van der Waals surface area contributed by atoms with Crippen LogP contribution in [0.2, 0.25) is 0 Å². The minimum absolute atomic E-state index is 0.0434. The Hall–Kier alpha value is -2.12. The van der Waals surface area contributed by atoms with Crippen LogP contribution < -0.4 is 4.74 Å². The molecule has 1 amide bonds. The average molecular weight is 507 g/mol. The van der Waals surface area contributed by atoms with Gasteiger partial charge in [-0.05, 0) is 43.9 Å². The molecule has 1 saturated carbocycles. The molecule has 3 atom stereocenters. The van der Waals surface area contributed by atoms with Crippen LogP contribution in [0.5, 0.6) is 5.75 Å². The van der Waals surface area contributed by atoms with Crippen LogP contribution in [0.4, 0.5) is 0 Å². The highest BCUT2D eigenvalue weighted by Crippen LogP contribution is 2.34. The van der Waals surface area contributed by atoms with E-state index in [0.717, 1.165) is 6.42 Å². The third-order valence-electron chi connectivity index (χ3n) is 6.91. The van der Waals surface area contributed by atoms with Gasteiger partial charge in [0.05, 0.1) is 13.2 Å². The summed E-state index contributed by atoms with van der Waals surface area (Å²) in [4.78, 5) is 13.9. The number of aliphatic hydroxyl groups excluding tert-OH is 1. The number of carbonyl (C=O) groups excluding carboxylic acids is 1. The van der Waals surface area contributed by atoms with Crippen molar-refractivity contribution >= 4 is 15.9 Å². The van der Waals surface area contributed by atoms with Crippen molar-refractivity contribution in [3.63, 3.8) is 0 Å². The fraction of sp³-hybridized carbons (Fsp3) is 0.654. The van der Waals surface area contributed by atoms with Gasteiger partial charge in [-0.3, -0.25) is 4.79 Å². The Morgan fingerprint density at radius 3 is 2.71 bits per heavy atom. The minimum atomic E-state index is -3.91. The average Bonchev–Trinajstić information content (AvgIpc) is 3.34. The molecule has 35 heavy (non-hydrogen) atoms. The number of amides is 1. The summed E-state index contributed by atoms with van der Waals surface area (Å²) < 4.78 is 39.7. The predicted octanol–water partition coefficient (Wildman–Crippen LogP) is 2.49. The normalized spacial score (nSPS) is 23.2. The Kier molecular flexibility index (Phi) is 9.59. The molecule has 1 heterocycles. The number of rotatable bonds is 7. The Labute approximate surface area is 209 Å². The summed E-state index contributed by atoms with van der Waals surface area (Å²) in [6, 6.07) is 4.32. The number of aliphatic hydroxyl groups is 1. The molecule has 9 heteroatoms. The molecule has 1 aromatic rings. The SMILES string of the molecule is COCC(=O)N(C)C[C@H]1Oc2cc(C#CCC3CCCC3)ccc2S(=O)(=O)N([C@H](C)CO)C[C@@H]1C. The summed E-state index contributed by atoms with van der Waals surface area (Å²) >= 11 is 0. The van der Waals surface area contributed by atoms with Crippen LogP contribution in [0.1, 0.15) is 51.5 Å². The van der Waals surface area contributed by atoms with E-state index in [-0.39, 0.29) is 48.8 Å². The van der Waals surface area contributed by atoms with E-state index in [4.69, 9.17) is 9.47 Å². The number of sulfonamides is 1. The summed E-state index contributed by atoms with van der Waals surface area (Å²) in [6.07, 6.45) is 5.33. The van der Waals surface area contributed by atoms with Crippen molar-refractivity contribution in [3.05, 3.63) is 23.8 Å². The first-order valence-corrected chi connectivity index (χ1v) is 13.8. The summed E-state index contributed by atoms with van der Waals surface area (Å²) in [7, 11) is -0.777. The van der Waals surface area contributed by atoms with Crippen LogP contribution in [0, 0.1) is 23.7 Å². The number of carbonyl (C=O) groups is 1. The Balaban J connectivity index is 1.96. The number of hydrogen-bond donors (Lipinski definition) is 1. The van der Waals surface area contributed by atoms with Crippen LogP contribution in [0.25, 0.3) is 0 Å². The molecule has 0 bridgehead atoms. The van der Waals surface area contributed by atoms with Crippen LogP contribution in [0.3, 0.4) is 0 Å². The number of fused-ring (bicyclic) bond motifs is 1. The van der Waals surface area contributed by atoms with E-state index in [9.17, 15) is 18.3 Å². The quantitative estimate of drug-likeness (QED) is 0.571. The van der Waals surface area contributed by atoms with E-state index in [2.05, 4.69) is 11.8 Å². The standard InChI is InChI=1S/C26H38N2O6S/c1-19-15-28(20(2)17-29)35(31,32)25-13-12-22(11-7-10-21-8-5-6-9-21)14-23(25)34-24(19)16-27(3)26(30)18-33-4/h12-14,19-21,24,29H,5-6,8-10,15-18H2,1-4H3/t19-,20+,24+/m0/s1. The summed E-state index contributed by atoms with van der Waals surface area (Å²) in [6.45, 7) is 3.65. The molecule has 8 nitrogen and oxygen atoms in total. The lowest BCUT2D eigenvalue weighted by atomic mass is 10.0. The maximum absolute atomic E-state index is 13.6. The number of hydrogen-bond acceptors (Lipinski definition) is 6. The Morgan fingerprint density at radius 2 is 2.06 bits per heavy atom. The molecule has 1 aliphatic carbocycles. The third kappa shape index (κ3) is 6.76. The van der Waals surface area contributed by atoms with Gasteiger partial charge in [-0.1, -0.05) is 31.6 Å². The van der Waals surface area contributed by atoms with Crippen molar-refractivity contribution in [2.45, 2.75) is 63.0 Å². The lowest BCUT2D eigenvalue weighted by Crippen LogP contribution is -2.50. The summed E-state index contributed by atoms with van der Waals surface area (Å²) in [5.41, 5.74) is 0.689. The lowest BCUT2D eigenvalue weighted by Gasteiger charge is -2.37. The fourth-order valence-electron chi connectivity index (χ4n) is 4.64. The zero-order valence-corrected chi connectivity index (χ0v) is 22.0. The number of ether oxygens (including phenoxy) is 2. The molecule has 0 unspecified atom stereocenters. The molecule has 0 radical (unpaired) electrons. The first-order valence-electron chi connectivity index (χ1n) is 12.3. The number of nitrogens with zero attached hydrogens (tertiary/aromatic N) is 2. The molecule has 0 saturated heterocycles. The summed E-state index contributed by atoms with van der Waals surface area (Å²) in [5, 5.41) is 9.77. The van der Waals surface area contributed by atoms with Gasteiger partial charge in [0.15, 0.2) is 0 Å². The molecular weight excluding hydrogens is 468 g/mol. The largest absolute Gasteiger partial charge is 0.487 e. The van der Waals surface area contributed by atoms with Crippen LogP contribution in [-0.4, -0.2) is 81.2 Å². The zero-order valence-electron chi connectivity index (χ0n) is 21.2. The van der Waals surface area contributed by atoms with Gasteiger partial charge in [0.25, 0.3) is 0 Å². The van der Waals surface area contributed by atoms with Crippen molar-refractivity contribution in [1.29, 1.82) is 0 Å². The molecule has 194 valence electrons. The number of benzene rings is 1. The predicted molar refractivity (Wildman–Crippen MR) is 133 cm³/mol. The third-order valence-corrected chi connectivity index (χ3v) is 8.93. The Morgan fingerprint density at radius 1 is 1.34 bits per heavy atom. The topological polar surface area (TPSA) is 96.4 Å². The van der Waals surface area contributed by atoms with E-state index in [1.807, 2.05) is 6.92 Å². The maximum atomic E-state index is 13.6. The van der Waals surface area contributed by atoms with Gasteiger partial charge in [-0.25, -0.2) is 8.42 Å². The number of likely N-dealkylation sites (N-methyl/N-ethyl adjacent to an activating group) is 1. The molecule has 2 aliphatic rings. The first-order chi connectivity index (χ1) is 16.7. The molecule has 1 fully saturated rings. The van der Waals surface area contributed by atoms with E-state index in [0.29, 0.717) is 11.5 Å². The van der Waals surface area contributed by atoms with Gasteiger partial charge in [0.1, 0.15) is 23.4 Å². The molecular formula is C26H38N2O6S. The smallest absolute Gasteiger partial charge is 0.248 e. The van der Waals surface area contributed by atoms with Gasteiger partial charge in [-0.2, -0.15) is 4.31 Å². The highest BCUT2D eigenvalue weighted by Gasteiger charge is 2.38. The van der Waals surface area contributed by atoms with Crippen LogP contribution in [0.15, 0.2) is 23.1 Å². The second-order valence-corrected chi connectivity index (χ2v) is 11.6. The van der Waals surface area contributed by atoms with Gasteiger partial charge in [-0.15, -0.1) is 0 Å². The number of methoxy groups -OCH3 is 1. The van der Waals surface area contributed by atoms with Gasteiger partial charge >= 0.3 is 0 Å². The minimum Gasteiger partial charge on any atom is -0.487 e. The molecule has 1 aromatic carbocycles. The van der Waals surface area contributed by atoms with Crippen molar-refractivity contribution in [1.82, 2.24) is 9.21 Å². The van der Waals surface area contributed by atoms with Gasteiger partial charge in [0.2, 0.25) is 15.9 Å². The van der Waals surface area contributed by atoms with E-state index >= 15 is 0 Å². The first kappa shape index (κ1) is 27.5. The monoisotopic (exact) mass is 506 g/mol. The molecule has 1 N–H and O–H groups in total. The highest BCUT2D eigenvalue weighted by atomic mass is 32.2. The van der Waals surface area contributed by atoms with E-state index in [1.54, 1.807) is 26.1 Å². The molecule has 3 rings (SSSR count). The maximum Gasteiger partial charge on any atom is 0.248 e. The van der Waals surface area contributed by atoms with Gasteiger partial charge in [0, 0.05) is 44.6 Å². The second-order valence-electron chi connectivity index (χ2n) is 9.77. The summed E-state index contributed by atoms with van der Waals surface area (Å²) in [5.74, 6) is 6.85. The van der Waals surface area contributed by atoms with Crippen molar-refractivity contribution in [2.75, 3.05) is 40.5 Å². The molecule has 1 aliphatic heterocycles. The zero-order chi connectivity index (χ0) is 25.6. The van der Waals surface area contributed by atoms with Crippen molar-refractivity contribution < 1.29 is 27.8 Å². The van der Waals surface area contributed by atoms with Crippen LogP contribution in [-0.2, 0) is 19.6 Å². The second kappa shape index (κ2) is 12.2. The highest BCUT2D eigenvalue weighted by molar-refractivity contribution is 7.89.